The van der Waals surface area contributed by atoms with E-state index >= 15 is 0 Å². The van der Waals surface area contributed by atoms with Gasteiger partial charge in [0.2, 0.25) is 0 Å². The molecule has 1 saturated carbocycles. The van der Waals surface area contributed by atoms with Crippen molar-refractivity contribution in [1.82, 2.24) is 19.9 Å². The molecule has 0 unspecified atom stereocenters. The molecule has 2 heterocycles. The molecule has 1 aliphatic carbocycles. The summed E-state index contributed by atoms with van der Waals surface area (Å²) >= 11 is 3.60. The highest BCUT2D eigenvalue weighted by atomic mass is 79.9. The summed E-state index contributed by atoms with van der Waals surface area (Å²) in [5.41, 5.74) is 1.23. The summed E-state index contributed by atoms with van der Waals surface area (Å²) in [7, 11) is 0. The molecule has 1 amide bonds. The number of carbonyl (C=O) groups excluding carboxylic acids is 1. The molecule has 30 heavy (non-hydrogen) atoms. The molecule has 4 rings (SSSR count). The summed E-state index contributed by atoms with van der Waals surface area (Å²) in [6.07, 6.45) is 2.13. The summed E-state index contributed by atoms with van der Waals surface area (Å²) in [5.74, 6) is 1.34. The Bertz CT molecular complexity index is 922. The van der Waals surface area contributed by atoms with Gasteiger partial charge in [0.1, 0.15) is 16.9 Å². The minimum absolute atomic E-state index is 0.0585. The largest absolute Gasteiger partial charge is 0.492 e. The number of β-amino-alcohol motifs (C(OH)–C–C–N with tert-alkyl or cyclic N) is 1. The second kappa shape index (κ2) is 8.34. The number of carbonyl (C=O) groups is 1. The van der Waals surface area contributed by atoms with Crippen molar-refractivity contribution in [3.05, 3.63) is 16.6 Å². The molecular weight excluding hydrogens is 452 g/mol. The van der Waals surface area contributed by atoms with Crippen molar-refractivity contribution < 1.29 is 19.4 Å². The average molecular weight is 481 g/mol. The van der Waals surface area contributed by atoms with Gasteiger partial charge in [-0.25, -0.2) is 9.48 Å². The van der Waals surface area contributed by atoms with Crippen LogP contribution in [0.15, 0.2) is 16.6 Å². The van der Waals surface area contributed by atoms with Gasteiger partial charge in [-0.2, -0.15) is 0 Å². The molecule has 0 spiro atoms. The van der Waals surface area contributed by atoms with Gasteiger partial charge in [-0.3, -0.25) is 0 Å². The monoisotopic (exact) mass is 480 g/mol. The number of ether oxygens (including phenoxy) is 2. The lowest BCUT2D eigenvalue weighted by Gasteiger charge is -2.36. The van der Waals surface area contributed by atoms with Gasteiger partial charge in [-0.05, 0) is 74.0 Å². The van der Waals surface area contributed by atoms with E-state index in [1.54, 1.807) is 4.90 Å². The molecule has 2 aromatic rings. The van der Waals surface area contributed by atoms with Gasteiger partial charge in [0.05, 0.1) is 29.2 Å². The number of piperidine rings is 1. The van der Waals surface area contributed by atoms with Crippen LogP contribution >= 0.6 is 15.9 Å². The Morgan fingerprint density at radius 2 is 2.07 bits per heavy atom. The molecule has 1 aromatic heterocycles. The fourth-order valence-electron chi connectivity index (χ4n) is 3.64. The van der Waals surface area contributed by atoms with Crippen molar-refractivity contribution in [3.8, 4) is 5.75 Å². The van der Waals surface area contributed by atoms with Gasteiger partial charge in [-0.1, -0.05) is 5.21 Å². The minimum atomic E-state index is -0.659. The standard InChI is InChI=1S/C21H29BrN4O4/c1-21(2,3)30-20(28)25-9-8-14(16(27)11-25)12-29-17-7-6-15-19(18(17)22)23-24-26(15)10-13-4-5-13/h6-7,13-14,16,27H,4-5,8-12H2,1-3H3/t14-,16+/m1/s1. The fourth-order valence-corrected chi connectivity index (χ4v) is 4.17. The van der Waals surface area contributed by atoms with E-state index in [0.29, 0.717) is 25.3 Å². The molecule has 2 aliphatic rings. The number of aliphatic hydroxyl groups is 1. The van der Waals surface area contributed by atoms with E-state index in [1.807, 2.05) is 37.6 Å². The third kappa shape index (κ3) is 4.88. The third-order valence-corrected chi connectivity index (χ3v) is 6.31. The first-order valence-corrected chi connectivity index (χ1v) is 11.3. The van der Waals surface area contributed by atoms with E-state index in [9.17, 15) is 9.90 Å². The number of amides is 1. The SMILES string of the molecule is CC(C)(C)OC(=O)N1CC[C@H](COc2ccc3c(nnn3CC3CC3)c2Br)[C@@H](O)C1. The molecule has 0 radical (unpaired) electrons. The average Bonchev–Trinajstić information content (AvgIpc) is 3.39. The van der Waals surface area contributed by atoms with Crippen LogP contribution in [0.5, 0.6) is 5.75 Å². The highest BCUT2D eigenvalue weighted by Crippen LogP contribution is 2.35. The van der Waals surface area contributed by atoms with Crippen LogP contribution in [-0.2, 0) is 11.3 Å². The predicted octanol–water partition coefficient (Wildman–Crippen LogP) is 3.60. The van der Waals surface area contributed by atoms with Crippen LogP contribution < -0.4 is 4.74 Å². The van der Waals surface area contributed by atoms with E-state index < -0.39 is 11.7 Å². The fraction of sp³-hybridized carbons (Fsp3) is 0.667. The van der Waals surface area contributed by atoms with Crippen LogP contribution in [0.25, 0.3) is 11.0 Å². The first kappa shape index (κ1) is 21.4. The van der Waals surface area contributed by atoms with Gasteiger partial charge in [-0.15, -0.1) is 5.10 Å². The Labute approximate surface area is 184 Å². The Hall–Kier alpha value is -1.87. The topological polar surface area (TPSA) is 89.7 Å². The van der Waals surface area contributed by atoms with Crippen LogP contribution in [0.4, 0.5) is 4.79 Å². The van der Waals surface area contributed by atoms with Crippen LogP contribution in [0.1, 0.15) is 40.0 Å². The maximum absolute atomic E-state index is 12.2. The van der Waals surface area contributed by atoms with Crippen LogP contribution in [0, 0.1) is 11.8 Å². The molecule has 2 fully saturated rings. The molecule has 0 bridgehead atoms. The molecule has 8 nitrogen and oxygen atoms in total. The number of halogens is 1. The summed E-state index contributed by atoms with van der Waals surface area (Å²) in [5, 5.41) is 19.1. The van der Waals surface area contributed by atoms with E-state index in [4.69, 9.17) is 9.47 Å². The molecule has 164 valence electrons. The number of aliphatic hydroxyl groups excluding tert-OH is 1. The Balaban J connectivity index is 1.35. The van der Waals surface area contributed by atoms with E-state index in [-0.39, 0.29) is 18.6 Å². The first-order valence-electron chi connectivity index (χ1n) is 10.5. The highest BCUT2D eigenvalue weighted by molar-refractivity contribution is 9.10. The van der Waals surface area contributed by atoms with E-state index in [1.165, 1.54) is 12.8 Å². The molecule has 1 aliphatic heterocycles. The normalized spacial score (nSPS) is 22.4. The Morgan fingerprint density at radius 1 is 1.30 bits per heavy atom. The summed E-state index contributed by atoms with van der Waals surface area (Å²) < 4.78 is 14.2. The van der Waals surface area contributed by atoms with Crippen molar-refractivity contribution in [2.45, 2.75) is 58.3 Å². The molecule has 9 heteroatoms. The highest BCUT2D eigenvalue weighted by Gasteiger charge is 2.33. The van der Waals surface area contributed by atoms with Gasteiger partial charge >= 0.3 is 6.09 Å². The van der Waals surface area contributed by atoms with Gasteiger partial charge in [0.25, 0.3) is 0 Å². The number of nitrogens with zero attached hydrogens (tertiary/aromatic N) is 4. The van der Waals surface area contributed by atoms with E-state index in [2.05, 4.69) is 26.2 Å². The van der Waals surface area contributed by atoms with Crippen molar-refractivity contribution in [3.63, 3.8) is 0 Å². The summed E-state index contributed by atoms with van der Waals surface area (Å²) in [4.78, 5) is 13.8. The number of likely N-dealkylation sites (tertiary alicyclic amines) is 1. The summed E-state index contributed by atoms with van der Waals surface area (Å²) in [6, 6.07) is 3.90. The van der Waals surface area contributed by atoms with Gasteiger partial charge < -0.3 is 19.5 Å². The van der Waals surface area contributed by atoms with Crippen molar-refractivity contribution in [2.24, 2.45) is 11.8 Å². The maximum atomic E-state index is 12.2. The molecule has 1 N–H and O–H groups in total. The number of benzene rings is 1. The zero-order valence-corrected chi connectivity index (χ0v) is 19.3. The van der Waals surface area contributed by atoms with Crippen LogP contribution in [0.2, 0.25) is 0 Å². The number of hydrogen-bond donors (Lipinski definition) is 1. The maximum Gasteiger partial charge on any atom is 0.410 e. The number of hydrogen-bond acceptors (Lipinski definition) is 6. The Morgan fingerprint density at radius 3 is 2.73 bits per heavy atom. The summed E-state index contributed by atoms with van der Waals surface area (Å²) in [6.45, 7) is 7.56. The van der Waals surface area contributed by atoms with Crippen molar-refractivity contribution in [1.29, 1.82) is 0 Å². The zero-order chi connectivity index (χ0) is 21.5. The quantitative estimate of drug-likeness (QED) is 0.702. The number of fused-ring (bicyclic) bond motifs is 1. The minimum Gasteiger partial charge on any atom is -0.492 e. The third-order valence-electron chi connectivity index (χ3n) is 5.54. The lowest BCUT2D eigenvalue weighted by atomic mass is 9.95. The predicted molar refractivity (Wildman–Crippen MR) is 115 cm³/mol. The van der Waals surface area contributed by atoms with Crippen LogP contribution in [0.3, 0.4) is 0 Å². The first-order chi connectivity index (χ1) is 14.2. The second-order valence-corrected chi connectivity index (χ2v) is 10.1. The lowest BCUT2D eigenvalue weighted by molar-refractivity contribution is -0.0210. The Kier molecular flexibility index (Phi) is 5.94. The number of rotatable bonds is 5. The molecule has 2 atom stereocenters. The zero-order valence-electron chi connectivity index (χ0n) is 17.7. The molecule has 1 aromatic carbocycles. The van der Waals surface area contributed by atoms with Gasteiger partial charge in [0.15, 0.2) is 0 Å². The van der Waals surface area contributed by atoms with E-state index in [0.717, 1.165) is 28.0 Å². The smallest absolute Gasteiger partial charge is 0.410 e. The molecule has 1 saturated heterocycles. The van der Waals surface area contributed by atoms with Gasteiger partial charge in [0, 0.05) is 19.0 Å². The van der Waals surface area contributed by atoms with Crippen LogP contribution in [-0.4, -0.2) is 62.5 Å². The second-order valence-electron chi connectivity index (χ2n) is 9.31. The number of aromatic nitrogens is 3. The molecular formula is C21H29BrN4O4. The van der Waals surface area contributed by atoms with Crippen molar-refractivity contribution in [2.75, 3.05) is 19.7 Å². The lowest BCUT2D eigenvalue weighted by Crippen LogP contribution is -2.49. The van der Waals surface area contributed by atoms with Crippen molar-refractivity contribution >= 4 is 33.1 Å².